The fraction of sp³-hybridized carbons (Fsp3) is 0.417. The molecule has 1 aromatic carbocycles. The third-order valence-corrected chi connectivity index (χ3v) is 2.87. The molecular weight excluding hydrogens is 263 g/mol. The summed E-state index contributed by atoms with van der Waals surface area (Å²) in [6.45, 7) is -0.154. The Labute approximate surface area is 107 Å². The van der Waals surface area contributed by atoms with E-state index in [4.69, 9.17) is 4.74 Å². The molecule has 4 nitrogen and oxygen atoms in total. The second-order valence-corrected chi connectivity index (χ2v) is 4.05. The summed E-state index contributed by atoms with van der Waals surface area (Å²) >= 11 is 0. The van der Waals surface area contributed by atoms with Gasteiger partial charge in [-0.3, -0.25) is 9.53 Å². The van der Waals surface area contributed by atoms with Crippen LogP contribution in [0.4, 0.5) is 13.2 Å². The molecule has 1 saturated heterocycles. The lowest BCUT2D eigenvalue weighted by atomic mass is 10.0. The molecule has 0 aliphatic carbocycles. The summed E-state index contributed by atoms with van der Waals surface area (Å²) in [7, 11) is 0. The first kappa shape index (κ1) is 13.8. The van der Waals surface area contributed by atoms with Gasteiger partial charge in [0.25, 0.3) is 0 Å². The third kappa shape index (κ3) is 2.87. The number of hydrogen-bond acceptors (Lipinski definition) is 3. The summed E-state index contributed by atoms with van der Waals surface area (Å²) in [5, 5.41) is 0. The molecule has 1 aliphatic heterocycles. The van der Waals surface area contributed by atoms with Crippen LogP contribution in [0.25, 0.3) is 0 Å². The van der Waals surface area contributed by atoms with Crippen molar-refractivity contribution in [2.24, 2.45) is 0 Å². The molecule has 0 bridgehead atoms. The van der Waals surface area contributed by atoms with Gasteiger partial charge < -0.3 is 9.64 Å². The van der Waals surface area contributed by atoms with E-state index < -0.39 is 12.1 Å². The number of benzene rings is 1. The number of alkyl halides is 3. The van der Waals surface area contributed by atoms with E-state index in [1.807, 2.05) is 0 Å². The van der Waals surface area contributed by atoms with Gasteiger partial charge in [0.1, 0.15) is 0 Å². The molecular formula is C12H12F3NO3. The lowest BCUT2D eigenvalue weighted by Gasteiger charge is -2.44. The van der Waals surface area contributed by atoms with Crippen LogP contribution in [-0.4, -0.2) is 37.4 Å². The van der Waals surface area contributed by atoms with Crippen molar-refractivity contribution in [2.75, 3.05) is 19.8 Å². The van der Waals surface area contributed by atoms with Crippen LogP contribution in [0, 0.1) is 0 Å². The maximum Gasteiger partial charge on any atom is 0.524 e. The van der Waals surface area contributed by atoms with Crippen LogP contribution in [0.15, 0.2) is 30.3 Å². The van der Waals surface area contributed by atoms with Gasteiger partial charge >= 0.3 is 6.36 Å². The molecule has 1 heterocycles. The average Bonchev–Trinajstić information content (AvgIpc) is 2.38. The zero-order valence-electron chi connectivity index (χ0n) is 9.89. The highest BCUT2D eigenvalue weighted by atomic mass is 19.4. The van der Waals surface area contributed by atoms with Crippen LogP contribution in [0.5, 0.6) is 0 Å². The minimum absolute atomic E-state index is 0.0362. The Morgan fingerprint density at radius 2 is 2.00 bits per heavy atom. The Morgan fingerprint density at radius 3 is 2.58 bits per heavy atom. The van der Waals surface area contributed by atoms with Crippen molar-refractivity contribution >= 4 is 6.41 Å². The van der Waals surface area contributed by atoms with Gasteiger partial charge in [0.05, 0.1) is 13.2 Å². The molecule has 0 aromatic heterocycles. The van der Waals surface area contributed by atoms with Gasteiger partial charge in [-0.1, -0.05) is 30.3 Å². The summed E-state index contributed by atoms with van der Waals surface area (Å²) in [6, 6.07) is 7.76. The van der Waals surface area contributed by atoms with Crippen molar-refractivity contribution in [1.29, 1.82) is 0 Å². The van der Waals surface area contributed by atoms with E-state index in [-0.39, 0.29) is 25.3 Å². The van der Waals surface area contributed by atoms with E-state index >= 15 is 0 Å². The van der Waals surface area contributed by atoms with E-state index in [0.29, 0.717) is 6.41 Å². The molecule has 19 heavy (non-hydrogen) atoms. The van der Waals surface area contributed by atoms with Crippen molar-refractivity contribution < 1.29 is 27.4 Å². The highest BCUT2D eigenvalue weighted by Crippen LogP contribution is 2.37. The molecule has 1 unspecified atom stereocenters. The molecule has 0 saturated carbocycles. The summed E-state index contributed by atoms with van der Waals surface area (Å²) in [5.41, 5.74) is -1.74. The van der Waals surface area contributed by atoms with Crippen LogP contribution in [-0.2, 0) is 20.0 Å². The third-order valence-electron chi connectivity index (χ3n) is 2.87. The van der Waals surface area contributed by atoms with Crippen molar-refractivity contribution in [3.8, 4) is 0 Å². The second-order valence-electron chi connectivity index (χ2n) is 4.05. The Bertz CT molecular complexity index is 438. The van der Waals surface area contributed by atoms with Gasteiger partial charge in [0.15, 0.2) is 0 Å². The number of morpholine rings is 1. The molecule has 7 heteroatoms. The summed E-state index contributed by atoms with van der Waals surface area (Å²) in [6.07, 6.45) is -4.53. The molecule has 1 amide bonds. The van der Waals surface area contributed by atoms with E-state index in [1.165, 1.54) is 12.1 Å². The number of hydrogen-bond donors (Lipinski definition) is 0. The number of carbonyl (C=O) groups excluding carboxylic acids is 1. The standard InChI is InChI=1S/C12H12F3NO3/c13-12(14,15)19-11(10-4-2-1-3-5-10)8-18-7-6-16(11)9-17/h1-5,9H,6-8H2. The predicted molar refractivity (Wildman–Crippen MR) is 58.8 cm³/mol. The summed E-state index contributed by atoms with van der Waals surface area (Å²) in [5.74, 6) is 0. The van der Waals surface area contributed by atoms with Crippen LogP contribution in [0.3, 0.4) is 0 Å². The monoisotopic (exact) mass is 275 g/mol. The molecule has 0 radical (unpaired) electrons. The smallest absolute Gasteiger partial charge is 0.374 e. The quantitative estimate of drug-likeness (QED) is 0.790. The van der Waals surface area contributed by atoms with E-state index in [0.717, 1.165) is 4.90 Å². The van der Waals surface area contributed by atoms with Gasteiger partial charge in [-0.05, 0) is 0 Å². The second kappa shape index (κ2) is 5.18. The zero-order valence-corrected chi connectivity index (χ0v) is 9.89. The largest absolute Gasteiger partial charge is 0.524 e. The lowest BCUT2D eigenvalue weighted by Crippen LogP contribution is -2.57. The first-order valence-electron chi connectivity index (χ1n) is 5.60. The molecule has 2 rings (SSSR count). The van der Waals surface area contributed by atoms with Gasteiger partial charge in [-0.15, -0.1) is 13.2 Å². The van der Waals surface area contributed by atoms with Gasteiger partial charge in [0, 0.05) is 12.1 Å². The number of halogens is 3. The Balaban J connectivity index is 2.45. The number of carbonyl (C=O) groups is 1. The predicted octanol–water partition coefficient (Wildman–Crippen LogP) is 1.86. The van der Waals surface area contributed by atoms with Gasteiger partial charge in [-0.25, -0.2) is 0 Å². The van der Waals surface area contributed by atoms with E-state index in [9.17, 15) is 18.0 Å². The molecule has 1 fully saturated rings. The Hall–Kier alpha value is -1.60. The Kier molecular flexibility index (Phi) is 3.77. The summed E-state index contributed by atoms with van der Waals surface area (Å²) in [4.78, 5) is 12.0. The molecule has 0 N–H and O–H groups in total. The van der Waals surface area contributed by atoms with Crippen molar-refractivity contribution in [3.63, 3.8) is 0 Å². The highest BCUT2D eigenvalue weighted by molar-refractivity contribution is 5.50. The fourth-order valence-corrected chi connectivity index (χ4v) is 2.06. The van der Waals surface area contributed by atoms with Crippen molar-refractivity contribution in [1.82, 2.24) is 4.90 Å². The maximum atomic E-state index is 12.7. The van der Waals surface area contributed by atoms with Crippen LogP contribution < -0.4 is 0 Å². The topological polar surface area (TPSA) is 38.8 Å². The van der Waals surface area contributed by atoms with Gasteiger partial charge in [0.2, 0.25) is 12.1 Å². The fourth-order valence-electron chi connectivity index (χ4n) is 2.06. The number of nitrogens with zero attached hydrogens (tertiary/aromatic N) is 1. The molecule has 0 spiro atoms. The number of ether oxygens (including phenoxy) is 2. The number of amides is 1. The van der Waals surface area contributed by atoms with Crippen LogP contribution >= 0.6 is 0 Å². The minimum Gasteiger partial charge on any atom is -0.374 e. The zero-order chi connectivity index (χ0) is 13.9. The van der Waals surface area contributed by atoms with Crippen LogP contribution in [0.2, 0.25) is 0 Å². The first-order chi connectivity index (χ1) is 8.98. The number of rotatable bonds is 3. The first-order valence-corrected chi connectivity index (χ1v) is 5.60. The average molecular weight is 275 g/mol. The van der Waals surface area contributed by atoms with Gasteiger partial charge in [-0.2, -0.15) is 0 Å². The SMILES string of the molecule is O=CN1CCOCC1(OC(F)(F)F)c1ccccc1. The van der Waals surface area contributed by atoms with Crippen molar-refractivity contribution in [2.45, 2.75) is 12.1 Å². The molecule has 1 aliphatic rings. The summed E-state index contributed by atoms with van der Waals surface area (Å²) < 4.78 is 47.3. The highest BCUT2D eigenvalue weighted by Gasteiger charge is 2.50. The lowest BCUT2D eigenvalue weighted by molar-refractivity contribution is -0.404. The van der Waals surface area contributed by atoms with E-state index in [2.05, 4.69) is 4.74 Å². The van der Waals surface area contributed by atoms with Crippen LogP contribution in [0.1, 0.15) is 5.56 Å². The molecule has 104 valence electrons. The van der Waals surface area contributed by atoms with Crippen molar-refractivity contribution in [3.05, 3.63) is 35.9 Å². The minimum atomic E-state index is -4.88. The maximum absolute atomic E-state index is 12.7. The molecule has 1 atom stereocenters. The van der Waals surface area contributed by atoms with E-state index in [1.54, 1.807) is 18.2 Å². The normalized spacial score (nSPS) is 24.3. The Morgan fingerprint density at radius 1 is 1.32 bits per heavy atom. The molecule has 1 aromatic rings.